The molecule has 0 aliphatic rings. The molecule has 0 spiro atoms. The van der Waals surface area contributed by atoms with E-state index in [4.69, 9.17) is 22.7 Å². The third kappa shape index (κ3) is 2.40. The van der Waals surface area contributed by atoms with Gasteiger partial charge in [-0.1, -0.05) is 41.9 Å². The third-order valence-electron chi connectivity index (χ3n) is 1.35. The van der Waals surface area contributed by atoms with Crippen LogP contribution in [0.3, 0.4) is 0 Å². The van der Waals surface area contributed by atoms with Crippen LogP contribution in [0.5, 0.6) is 0 Å². The zero-order valence-electron chi connectivity index (χ0n) is 6.42. The molecule has 12 heavy (non-hydrogen) atoms. The van der Waals surface area contributed by atoms with E-state index in [-0.39, 0.29) is 10.9 Å². The smallest absolute Gasteiger partial charge is 0.134 e. The molecule has 3 N–H and O–H groups in total. The van der Waals surface area contributed by atoms with Crippen molar-refractivity contribution in [2.75, 3.05) is 0 Å². The largest absolute Gasteiger partial charge is 0.383 e. The molecule has 0 aromatic heterocycles. The van der Waals surface area contributed by atoms with Gasteiger partial charge in [-0.25, -0.2) is 0 Å². The molecule has 0 saturated heterocycles. The van der Waals surface area contributed by atoms with Gasteiger partial charge in [0.05, 0.1) is 5.03 Å². The fourth-order valence-electron chi connectivity index (χ4n) is 0.773. The Bertz CT molecular complexity index is 304. The number of amidine groups is 1. The molecule has 0 amide bonds. The van der Waals surface area contributed by atoms with E-state index >= 15 is 0 Å². The minimum atomic E-state index is -0.111. The third-order valence-corrected chi connectivity index (χ3v) is 1.66. The average Bonchev–Trinajstić information content (AvgIpc) is 2.06. The van der Waals surface area contributed by atoms with E-state index in [1.54, 1.807) is 6.08 Å². The molecule has 0 aliphatic heterocycles. The molecule has 0 radical (unpaired) electrons. The van der Waals surface area contributed by atoms with Crippen molar-refractivity contribution < 1.29 is 0 Å². The highest BCUT2D eigenvalue weighted by Crippen LogP contribution is 2.08. The van der Waals surface area contributed by atoms with Gasteiger partial charge in [0.15, 0.2) is 0 Å². The average molecular weight is 181 g/mol. The zero-order valence-corrected chi connectivity index (χ0v) is 7.18. The molecule has 0 fully saturated rings. The maximum absolute atomic E-state index is 7.03. The first-order chi connectivity index (χ1) is 5.70. The SMILES string of the molecule is N=C(N)/C(Cl)=C/c1ccccc1. The molecule has 1 aromatic rings. The monoisotopic (exact) mass is 180 g/mol. The van der Waals surface area contributed by atoms with Gasteiger partial charge in [0.25, 0.3) is 0 Å². The summed E-state index contributed by atoms with van der Waals surface area (Å²) in [7, 11) is 0. The van der Waals surface area contributed by atoms with Crippen LogP contribution in [-0.2, 0) is 0 Å². The Morgan fingerprint density at radius 2 is 1.92 bits per heavy atom. The van der Waals surface area contributed by atoms with E-state index in [9.17, 15) is 0 Å². The standard InChI is InChI=1S/C9H9ClN2/c10-8(9(11)12)6-7-4-2-1-3-5-7/h1-6H,(H3,11,12)/b8-6-. The van der Waals surface area contributed by atoms with Crippen LogP contribution in [0, 0.1) is 5.41 Å². The van der Waals surface area contributed by atoms with Crippen molar-refractivity contribution in [2.45, 2.75) is 0 Å². The molecular formula is C9H9ClN2. The number of nitrogens with two attached hydrogens (primary N) is 1. The second-order valence-electron chi connectivity index (χ2n) is 2.32. The van der Waals surface area contributed by atoms with Crippen molar-refractivity contribution in [3.05, 3.63) is 40.9 Å². The summed E-state index contributed by atoms with van der Waals surface area (Å²) in [5.74, 6) is -0.111. The van der Waals surface area contributed by atoms with Crippen LogP contribution in [0.2, 0.25) is 0 Å². The highest BCUT2D eigenvalue weighted by Gasteiger charge is 1.94. The number of nitrogens with one attached hydrogen (secondary N) is 1. The number of halogens is 1. The molecule has 0 aliphatic carbocycles. The molecule has 0 saturated carbocycles. The van der Waals surface area contributed by atoms with Crippen LogP contribution in [-0.4, -0.2) is 5.84 Å². The lowest BCUT2D eigenvalue weighted by molar-refractivity contribution is 1.46. The van der Waals surface area contributed by atoms with Crippen molar-refractivity contribution in [3.8, 4) is 0 Å². The molecule has 62 valence electrons. The Balaban J connectivity index is 2.89. The fraction of sp³-hybridized carbons (Fsp3) is 0. The zero-order chi connectivity index (χ0) is 8.97. The Hall–Kier alpha value is -1.28. The summed E-state index contributed by atoms with van der Waals surface area (Å²) in [6, 6.07) is 9.50. The quantitative estimate of drug-likeness (QED) is 0.532. The molecule has 2 nitrogen and oxygen atoms in total. The molecule has 0 bridgehead atoms. The number of hydrogen-bond donors (Lipinski definition) is 2. The van der Waals surface area contributed by atoms with Gasteiger partial charge in [0.1, 0.15) is 5.84 Å². The van der Waals surface area contributed by atoms with Crippen molar-refractivity contribution in [3.63, 3.8) is 0 Å². The van der Waals surface area contributed by atoms with Crippen LogP contribution >= 0.6 is 11.6 Å². The predicted octanol–water partition coefficient (Wildman–Crippen LogP) is 2.20. The minimum Gasteiger partial charge on any atom is -0.383 e. The van der Waals surface area contributed by atoms with E-state index in [1.807, 2.05) is 30.3 Å². The minimum absolute atomic E-state index is 0.111. The van der Waals surface area contributed by atoms with Gasteiger partial charge in [0.2, 0.25) is 0 Å². The molecule has 0 unspecified atom stereocenters. The van der Waals surface area contributed by atoms with Crippen molar-refractivity contribution in [1.29, 1.82) is 5.41 Å². The molecule has 1 aromatic carbocycles. The van der Waals surface area contributed by atoms with Crippen LogP contribution in [0.4, 0.5) is 0 Å². The van der Waals surface area contributed by atoms with Gasteiger partial charge in [-0.15, -0.1) is 0 Å². The maximum atomic E-state index is 7.03. The Morgan fingerprint density at radius 1 is 1.33 bits per heavy atom. The van der Waals surface area contributed by atoms with Crippen LogP contribution in [0.1, 0.15) is 5.56 Å². The van der Waals surface area contributed by atoms with E-state index in [0.717, 1.165) is 5.56 Å². The Morgan fingerprint density at radius 3 is 2.42 bits per heavy atom. The first kappa shape index (κ1) is 8.81. The first-order valence-electron chi connectivity index (χ1n) is 3.47. The van der Waals surface area contributed by atoms with E-state index in [2.05, 4.69) is 0 Å². The highest BCUT2D eigenvalue weighted by molar-refractivity contribution is 6.44. The van der Waals surface area contributed by atoms with E-state index in [0.29, 0.717) is 0 Å². The Labute approximate surface area is 76.2 Å². The lowest BCUT2D eigenvalue weighted by Crippen LogP contribution is -2.08. The van der Waals surface area contributed by atoms with Gasteiger partial charge >= 0.3 is 0 Å². The summed E-state index contributed by atoms with van der Waals surface area (Å²) in [4.78, 5) is 0. The second kappa shape index (κ2) is 3.93. The maximum Gasteiger partial charge on any atom is 0.134 e. The van der Waals surface area contributed by atoms with Gasteiger partial charge in [-0.3, -0.25) is 5.41 Å². The number of hydrogen-bond acceptors (Lipinski definition) is 1. The summed E-state index contributed by atoms with van der Waals surface area (Å²) in [5.41, 5.74) is 6.11. The van der Waals surface area contributed by atoms with Gasteiger partial charge < -0.3 is 5.73 Å². The van der Waals surface area contributed by atoms with Crippen molar-refractivity contribution in [1.82, 2.24) is 0 Å². The summed E-state index contributed by atoms with van der Waals surface area (Å²) >= 11 is 5.66. The molecule has 0 heterocycles. The van der Waals surface area contributed by atoms with E-state index < -0.39 is 0 Å². The lowest BCUT2D eigenvalue weighted by Gasteiger charge is -1.94. The predicted molar refractivity (Wildman–Crippen MR) is 52.2 cm³/mol. The summed E-state index contributed by atoms with van der Waals surface area (Å²) in [6.07, 6.45) is 1.66. The topological polar surface area (TPSA) is 49.9 Å². The normalized spacial score (nSPS) is 11.2. The molecule has 3 heteroatoms. The first-order valence-corrected chi connectivity index (χ1v) is 3.84. The fourth-order valence-corrected chi connectivity index (χ4v) is 0.899. The summed E-state index contributed by atoms with van der Waals surface area (Å²) < 4.78 is 0. The van der Waals surface area contributed by atoms with Crippen LogP contribution in [0.15, 0.2) is 35.4 Å². The van der Waals surface area contributed by atoms with Gasteiger partial charge in [0, 0.05) is 0 Å². The number of rotatable bonds is 2. The molecular weight excluding hydrogens is 172 g/mol. The van der Waals surface area contributed by atoms with Gasteiger partial charge in [-0.05, 0) is 11.6 Å². The van der Waals surface area contributed by atoms with E-state index in [1.165, 1.54) is 0 Å². The van der Waals surface area contributed by atoms with Crippen molar-refractivity contribution >= 4 is 23.5 Å². The summed E-state index contributed by atoms with van der Waals surface area (Å²) in [6.45, 7) is 0. The van der Waals surface area contributed by atoms with Crippen molar-refractivity contribution in [2.24, 2.45) is 5.73 Å². The molecule has 0 atom stereocenters. The van der Waals surface area contributed by atoms with Crippen LogP contribution < -0.4 is 5.73 Å². The van der Waals surface area contributed by atoms with Crippen LogP contribution in [0.25, 0.3) is 6.08 Å². The lowest BCUT2D eigenvalue weighted by atomic mass is 10.2. The molecule has 1 rings (SSSR count). The number of benzene rings is 1. The Kier molecular flexibility index (Phi) is 2.88. The second-order valence-corrected chi connectivity index (χ2v) is 2.72. The summed E-state index contributed by atoms with van der Waals surface area (Å²) in [5, 5.41) is 7.29. The highest BCUT2D eigenvalue weighted by atomic mass is 35.5. The van der Waals surface area contributed by atoms with Gasteiger partial charge in [-0.2, -0.15) is 0 Å².